The number of rotatable bonds is 4. The fraction of sp³-hybridized carbons (Fsp3) is 0.833. The van der Waals surface area contributed by atoms with Gasteiger partial charge in [-0.1, -0.05) is 13.3 Å². The highest BCUT2D eigenvalue weighted by molar-refractivity contribution is 5.95. The lowest BCUT2D eigenvalue weighted by Gasteiger charge is -2.36. The first-order valence-electron chi connectivity index (χ1n) is 6.23. The lowest BCUT2D eigenvalue weighted by molar-refractivity contribution is -0.146. The molecular formula is C12H20N2O2. The predicted molar refractivity (Wildman–Crippen MR) is 60.7 cm³/mol. The Balaban J connectivity index is 2.05. The van der Waals surface area contributed by atoms with Gasteiger partial charge in [0.2, 0.25) is 11.8 Å². The fourth-order valence-corrected chi connectivity index (χ4v) is 2.40. The third-order valence-corrected chi connectivity index (χ3v) is 3.60. The van der Waals surface area contributed by atoms with Crippen molar-refractivity contribution in [2.45, 2.75) is 51.6 Å². The van der Waals surface area contributed by atoms with Gasteiger partial charge in [-0.2, -0.15) is 0 Å². The molecule has 0 aromatic rings. The maximum atomic E-state index is 12.1. The molecule has 1 saturated carbocycles. The molecular weight excluding hydrogens is 204 g/mol. The first-order chi connectivity index (χ1) is 7.63. The molecule has 1 N–H and O–H groups in total. The third kappa shape index (κ3) is 2.20. The highest BCUT2D eigenvalue weighted by Crippen LogP contribution is 2.35. The summed E-state index contributed by atoms with van der Waals surface area (Å²) in [5.74, 6) is 0.725. The largest absolute Gasteiger partial charge is 0.343 e. The minimum absolute atomic E-state index is 0.00875. The SMILES string of the molecule is CCCC1NC(=O)CN(C(C)C2CC2)C1=O. The van der Waals surface area contributed by atoms with Crippen LogP contribution in [0.4, 0.5) is 0 Å². The second kappa shape index (κ2) is 4.44. The Hall–Kier alpha value is -1.06. The summed E-state index contributed by atoms with van der Waals surface area (Å²) < 4.78 is 0. The molecule has 2 unspecified atom stereocenters. The smallest absolute Gasteiger partial charge is 0.245 e. The molecule has 2 aliphatic rings. The molecule has 0 aromatic heterocycles. The van der Waals surface area contributed by atoms with Crippen LogP contribution in [0.5, 0.6) is 0 Å². The molecule has 1 saturated heterocycles. The van der Waals surface area contributed by atoms with Gasteiger partial charge < -0.3 is 10.2 Å². The molecule has 1 aliphatic heterocycles. The molecule has 4 heteroatoms. The van der Waals surface area contributed by atoms with E-state index in [2.05, 4.69) is 12.2 Å². The van der Waals surface area contributed by atoms with E-state index in [1.54, 1.807) is 4.90 Å². The molecule has 16 heavy (non-hydrogen) atoms. The van der Waals surface area contributed by atoms with Crippen molar-refractivity contribution in [2.75, 3.05) is 6.54 Å². The van der Waals surface area contributed by atoms with Gasteiger partial charge in [-0.25, -0.2) is 0 Å². The van der Waals surface area contributed by atoms with Gasteiger partial charge in [-0.15, -0.1) is 0 Å². The third-order valence-electron chi connectivity index (χ3n) is 3.60. The van der Waals surface area contributed by atoms with Gasteiger partial charge in [0, 0.05) is 6.04 Å². The summed E-state index contributed by atoms with van der Waals surface area (Å²) in [5.41, 5.74) is 0. The second-order valence-electron chi connectivity index (χ2n) is 4.95. The molecule has 4 nitrogen and oxygen atoms in total. The van der Waals surface area contributed by atoms with E-state index in [0.717, 1.165) is 12.8 Å². The number of nitrogens with zero attached hydrogens (tertiary/aromatic N) is 1. The summed E-state index contributed by atoms with van der Waals surface area (Å²) in [6, 6.07) is -0.0506. The molecule has 0 bridgehead atoms. The predicted octanol–water partition coefficient (Wildman–Crippen LogP) is 0.912. The zero-order valence-electron chi connectivity index (χ0n) is 10.0. The molecule has 2 fully saturated rings. The molecule has 0 spiro atoms. The van der Waals surface area contributed by atoms with E-state index in [9.17, 15) is 9.59 Å². The van der Waals surface area contributed by atoms with E-state index < -0.39 is 0 Å². The van der Waals surface area contributed by atoms with E-state index in [1.807, 2.05) is 6.92 Å². The van der Waals surface area contributed by atoms with Crippen molar-refractivity contribution in [3.05, 3.63) is 0 Å². The Morgan fingerprint density at radius 1 is 1.44 bits per heavy atom. The van der Waals surface area contributed by atoms with Gasteiger partial charge >= 0.3 is 0 Å². The Labute approximate surface area is 96.4 Å². The van der Waals surface area contributed by atoms with Crippen LogP contribution in [-0.2, 0) is 9.59 Å². The lowest BCUT2D eigenvalue weighted by atomic mass is 10.0. The quantitative estimate of drug-likeness (QED) is 0.771. The molecule has 0 aromatic carbocycles. The summed E-state index contributed by atoms with van der Waals surface area (Å²) in [7, 11) is 0. The van der Waals surface area contributed by atoms with Crippen LogP contribution in [0.15, 0.2) is 0 Å². The second-order valence-corrected chi connectivity index (χ2v) is 4.95. The van der Waals surface area contributed by atoms with E-state index in [0.29, 0.717) is 5.92 Å². The number of amides is 2. The first kappa shape index (κ1) is 11.4. The molecule has 2 amide bonds. The first-order valence-corrected chi connectivity index (χ1v) is 6.23. The average molecular weight is 224 g/mol. The monoisotopic (exact) mass is 224 g/mol. The van der Waals surface area contributed by atoms with E-state index in [-0.39, 0.29) is 30.4 Å². The Morgan fingerprint density at radius 2 is 2.12 bits per heavy atom. The number of piperazine rings is 1. The highest BCUT2D eigenvalue weighted by Gasteiger charge is 2.40. The lowest BCUT2D eigenvalue weighted by Crippen LogP contribution is -2.60. The van der Waals surface area contributed by atoms with Gasteiger partial charge in [0.15, 0.2) is 0 Å². The van der Waals surface area contributed by atoms with Gasteiger partial charge in [0.05, 0.1) is 6.54 Å². The topological polar surface area (TPSA) is 49.4 Å². The van der Waals surface area contributed by atoms with Crippen LogP contribution in [0.1, 0.15) is 39.5 Å². The molecule has 0 radical (unpaired) electrons. The van der Waals surface area contributed by atoms with Crippen LogP contribution in [0.2, 0.25) is 0 Å². The summed E-state index contributed by atoms with van der Waals surface area (Å²) >= 11 is 0. The zero-order valence-corrected chi connectivity index (χ0v) is 10.0. The van der Waals surface area contributed by atoms with E-state index in [1.165, 1.54) is 12.8 Å². The fourth-order valence-electron chi connectivity index (χ4n) is 2.40. The Bertz CT molecular complexity index is 299. The van der Waals surface area contributed by atoms with Gasteiger partial charge in [0.1, 0.15) is 6.04 Å². The zero-order chi connectivity index (χ0) is 11.7. The van der Waals surface area contributed by atoms with Crippen LogP contribution in [0.25, 0.3) is 0 Å². The maximum absolute atomic E-state index is 12.1. The summed E-state index contributed by atoms with van der Waals surface area (Å²) in [6.07, 6.45) is 4.07. The number of carbonyl (C=O) groups excluding carboxylic acids is 2. The molecule has 1 heterocycles. The van der Waals surface area contributed by atoms with Gasteiger partial charge in [0.25, 0.3) is 0 Å². The van der Waals surface area contributed by atoms with Crippen molar-refractivity contribution in [3.8, 4) is 0 Å². The average Bonchev–Trinajstić information content (AvgIpc) is 3.06. The number of nitrogens with one attached hydrogen (secondary N) is 1. The molecule has 2 atom stereocenters. The number of hydrogen-bond acceptors (Lipinski definition) is 2. The van der Waals surface area contributed by atoms with Crippen LogP contribution in [0, 0.1) is 5.92 Å². The summed E-state index contributed by atoms with van der Waals surface area (Å²) in [6.45, 7) is 4.34. The number of carbonyl (C=O) groups is 2. The van der Waals surface area contributed by atoms with Crippen molar-refractivity contribution in [1.82, 2.24) is 10.2 Å². The van der Waals surface area contributed by atoms with Crippen molar-refractivity contribution in [2.24, 2.45) is 5.92 Å². The van der Waals surface area contributed by atoms with E-state index >= 15 is 0 Å². The van der Waals surface area contributed by atoms with Crippen molar-refractivity contribution < 1.29 is 9.59 Å². The van der Waals surface area contributed by atoms with Crippen molar-refractivity contribution in [1.29, 1.82) is 0 Å². The van der Waals surface area contributed by atoms with E-state index in [4.69, 9.17) is 0 Å². The normalized spacial score (nSPS) is 27.9. The van der Waals surface area contributed by atoms with Crippen LogP contribution in [-0.4, -0.2) is 35.3 Å². The van der Waals surface area contributed by atoms with Crippen LogP contribution < -0.4 is 5.32 Å². The van der Waals surface area contributed by atoms with Gasteiger partial charge in [-0.05, 0) is 32.1 Å². The minimum Gasteiger partial charge on any atom is -0.343 e. The molecule has 2 rings (SSSR count). The Morgan fingerprint density at radius 3 is 2.69 bits per heavy atom. The number of hydrogen-bond donors (Lipinski definition) is 1. The summed E-state index contributed by atoms with van der Waals surface area (Å²) in [5, 5.41) is 2.78. The standard InChI is InChI=1S/C12H20N2O2/c1-3-4-10-12(16)14(7-11(15)13-10)8(2)9-5-6-9/h8-10H,3-7H2,1-2H3,(H,13,15). The minimum atomic E-state index is -0.285. The molecule has 90 valence electrons. The van der Waals surface area contributed by atoms with Crippen molar-refractivity contribution in [3.63, 3.8) is 0 Å². The Kier molecular flexibility index (Phi) is 3.17. The van der Waals surface area contributed by atoms with Crippen LogP contribution in [0.3, 0.4) is 0 Å². The highest BCUT2D eigenvalue weighted by atomic mass is 16.2. The van der Waals surface area contributed by atoms with Crippen LogP contribution >= 0.6 is 0 Å². The van der Waals surface area contributed by atoms with Gasteiger partial charge in [-0.3, -0.25) is 9.59 Å². The maximum Gasteiger partial charge on any atom is 0.245 e. The molecule has 1 aliphatic carbocycles. The van der Waals surface area contributed by atoms with Crippen molar-refractivity contribution >= 4 is 11.8 Å². The summed E-state index contributed by atoms with van der Waals surface area (Å²) in [4.78, 5) is 25.5.